The van der Waals surface area contributed by atoms with E-state index in [9.17, 15) is 9.59 Å². The van der Waals surface area contributed by atoms with Crippen molar-refractivity contribution in [2.45, 2.75) is 32.7 Å². The van der Waals surface area contributed by atoms with Crippen LogP contribution in [0.1, 0.15) is 35.3 Å². The molecule has 0 radical (unpaired) electrons. The number of para-hydroxylation sites is 1. The highest BCUT2D eigenvalue weighted by molar-refractivity contribution is 6.11. The average molecular weight is 459 g/mol. The van der Waals surface area contributed by atoms with Gasteiger partial charge in [0.1, 0.15) is 6.04 Å². The lowest BCUT2D eigenvalue weighted by Gasteiger charge is -2.25. The summed E-state index contributed by atoms with van der Waals surface area (Å²) in [6.45, 7) is 5.45. The molecule has 1 N–H and O–H groups in total. The Morgan fingerprint density at radius 1 is 0.912 bits per heavy atom. The summed E-state index contributed by atoms with van der Waals surface area (Å²) >= 11 is 0. The van der Waals surface area contributed by atoms with E-state index in [4.69, 9.17) is 9.47 Å². The Labute approximate surface area is 200 Å². The molecule has 0 aliphatic carbocycles. The van der Waals surface area contributed by atoms with E-state index in [1.54, 1.807) is 17.0 Å². The Bertz CT molecular complexity index is 1150. The standard InChI is InChI=1S/C28H30N2O4/c1-3-33-25-15-14-20(18-26(25)34-4-2)16-17-29-27(31)24-19-22-12-8-9-13-23(22)30(24)28(32)21-10-6-5-7-11-21/h5-15,18,24H,3-4,16-17,19H2,1-2H3,(H,29,31). The Morgan fingerprint density at radius 2 is 1.62 bits per heavy atom. The number of nitrogens with zero attached hydrogens (tertiary/aromatic N) is 1. The molecule has 6 nitrogen and oxygen atoms in total. The number of ether oxygens (including phenoxy) is 2. The Kier molecular flexibility index (Phi) is 7.48. The van der Waals surface area contributed by atoms with Gasteiger partial charge in [0.2, 0.25) is 5.91 Å². The van der Waals surface area contributed by atoms with E-state index >= 15 is 0 Å². The predicted molar refractivity (Wildman–Crippen MR) is 133 cm³/mol. The summed E-state index contributed by atoms with van der Waals surface area (Å²) in [4.78, 5) is 28.2. The maximum atomic E-state index is 13.3. The summed E-state index contributed by atoms with van der Waals surface area (Å²) in [5, 5.41) is 3.03. The van der Waals surface area contributed by atoms with E-state index in [1.165, 1.54) is 0 Å². The Morgan fingerprint density at radius 3 is 2.38 bits per heavy atom. The predicted octanol–water partition coefficient (Wildman–Crippen LogP) is 4.41. The SMILES string of the molecule is CCOc1ccc(CCNC(=O)C2Cc3ccccc3N2C(=O)c2ccccc2)cc1OCC. The normalized spacial score (nSPS) is 14.4. The van der Waals surface area contributed by atoms with Crippen molar-refractivity contribution in [2.24, 2.45) is 0 Å². The molecule has 6 heteroatoms. The van der Waals surface area contributed by atoms with Crippen molar-refractivity contribution < 1.29 is 19.1 Å². The summed E-state index contributed by atoms with van der Waals surface area (Å²) in [7, 11) is 0. The molecule has 1 aliphatic heterocycles. The van der Waals surface area contributed by atoms with Crippen LogP contribution in [0.2, 0.25) is 0 Å². The number of hydrogen-bond donors (Lipinski definition) is 1. The van der Waals surface area contributed by atoms with Gasteiger partial charge in [-0.15, -0.1) is 0 Å². The van der Waals surface area contributed by atoms with E-state index in [2.05, 4.69) is 5.32 Å². The summed E-state index contributed by atoms with van der Waals surface area (Å²) in [5.74, 6) is 1.10. The van der Waals surface area contributed by atoms with Crippen molar-refractivity contribution in [3.8, 4) is 11.5 Å². The lowest BCUT2D eigenvalue weighted by Crippen LogP contribution is -2.48. The first-order valence-corrected chi connectivity index (χ1v) is 11.7. The number of carbonyl (C=O) groups is 2. The molecule has 0 spiro atoms. The average Bonchev–Trinajstić information content (AvgIpc) is 3.25. The molecule has 34 heavy (non-hydrogen) atoms. The van der Waals surface area contributed by atoms with Crippen LogP contribution >= 0.6 is 0 Å². The molecule has 1 unspecified atom stereocenters. The molecule has 0 fully saturated rings. The molecular weight excluding hydrogens is 428 g/mol. The van der Waals surface area contributed by atoms with Gasteiger partial charge < -0.3 is 14.8 Å². The van der Waals surface area contributed by atoms with Gasteiger partial charge in [-0.25, -0.2) is 0 Å². The van der Waals surface area contributed by atoms with E-state index in [-0.39, 0.29) is 11.8 Å². The zero-order valence-electron chi connectivity index (χ0n) is 19.6. The third kappa shape index (κ3) is 5.06. The number of amides is 2. The summed E-state index contributed by atoms with van der Waals surface area (Å²) in [6, 6.07) is 22.1. The molecule has 3 aromatic rings. The minimum Gasteiger partial charge on any atom is -0.490 e. The molecule has 0 saturated carbocycles. The second-order valence-electron chi connectivity index (χ2n) is 8.08. The Balaban J connectivity index is 1.45. The Hall–Kier alpha value is -3.80. The topological polar surface area (TPSA) is 67.9 Å². The highest BCUT2D eigenvalue weighted by Gasteiger charge is 2.38. The molecule has 1 aliphatic rings. The van der Waals surface area contributed by atoms with Crippen LogP contribution in [-0.4, -0.2) is 37.6 Å². The number of rotatable bonds is 9. The maximum Gasteiger partial charge on any atom is 0.259 e. The van der Waals surface area contributed by atoms with Gasteiger partial charge in [-0.1, -0.05) is 42.5 Å². The van der Waals surface area contributed by atoms with E-state index in [1.807, 2.05) is 74.5 Å². The van der Waals surface area contributed by atoms with Crippen molar-refractivity contribution in [1.82, 2.24) is 5.32 Å². The van der Waals surface area contributed by atoms with Crippen molar-refractivity contribution in [3.05, 3.63) is 89.5 Å². The first kappa shape index (κ1) is 23.4. The zero-order chi connectivity index (χ0) is 23.9. The number of hydrogen-bond acceptors (Lipinski definition) is 4. The number of nitrogens with one attached hydrogen (secondary N) is 1. The summed E-state index contributed by atoms with van der Waals surface area (Å²) in [6.07, 6.45) is 1.14. The fourth-order valence-electron chi connectivity index (χ4n) is 4.27. The smallest absolute Gasteiger partial charge is 0.259 e. The monoisotopic (exact) mass is 458 g/mol. The van der Waals surface area contributed by atoms with Crippen LogP contribution < -0.4 is 19.7 Å². The molecule has 176 valence electrons. The first-order valence-electron chi connectivity index (χ1n) is 11.7. The largest absolute Gasteiger partial charge is 0.490 e. The third-order valence-electron chi connectivity index (χ3n) is 5.84. The fourth-order valence-corrected chi connectivity index (χ4v) is 4.27. The minimum atomic E-state index is -0.579. The van der Waals surface area contributed by atoms with Crippen LogP contribution in [-0.2, 0) is 17.6 Å². The zero-order valence-corrected chi connectivity index (χ0v) is 19.6. The highest BCUT2D eigenvalue weighted by atomic mass is 16.5. The third-order valence-corrected chi connectivity index (χ3v) is 5.84. The van der Waals surface area contributed by atoms with Gasteiger partial charge in [-0.05, 0) is 61.7 Å². The highest BCUT2D eigenvalue weighted by Crippen LogP contribution is 2.33. The van der Waals surface area contributed by atoms with Crippen LogP contribution in [0.25, 0.3) is 0 Å². The van der Waals surface area contributed by atoms with Gasteiger partial charge in [0.15, 0.2) is 11.5 Å². The number of carbonyl (C=O) groups excluding carboxylic acids is 2. The molecule has 0 saturated heterocycles. The summed E-state index contributed by atoms with van der Waals surface area (Å²) < 4.78 is 11.3. The molecule has 1 atom stereocenters. The van der Waals surface area contributed by atoms with Crippen molar-refractivity contribution >= 4 is 17.5 Å². The lowest BCUT2D eigenvalue weighted by molar-refractivity contribution is -0.122. The van der Waals surface area contributed by atoms with E-state index < -0.39 is 6.04 Å². The number of anilines is 1. The van der Waals surface area contributed by atoms with Gasteiger partial charge in [-0.3, -0.25) is 14.5 Å². The van der Waals surface area contributed by atoms with Gasteiger partial charge in [0.05, 0.1) is 13.2 Å². The van der Waals surface area contributed by atoms with E-state index in [0.29, 0.717) is 43.9 Å². The van der Waals surface area contributed by atoms with Crippen molar-refractivity contribution in [1.29, 1.82) is 0 Å². The first-order chi connectivity index (χ1) is 16.6. The van der Waals surface area contributed by atoms with Gasteiger partial charge in [-0.2, -0.15) is 0 Å². The van der Waals surface area contributed by atoms with Gasteiger partial charge >= 0.3 is 0 Å². The molecule has 2 amide bonds. The lowest BCUT2D eigenvalue weighted by atomic mass is 10.1. The van der Waals surface area contributed by atoms with Crippen LogP contribution in [0.5, 0.6) is 11.5 Å². The molecule has 1 heterocycles. The molecule has 0 bridgehead atoms. The quantitative estimate of drug-likeness (QED) is 0.516. The second kappa shape index (κ2) is 10.9. The molecule has 4 rings (SSSR count). The molecule has 3 aromatic carbocycles. The van der Waals surface area contributed by atoms with Crippen molar-refractivity contribution in [3.63, 3.8) is 0 Å². The minimum absolute atomic E-state index is 0.156. The van der Waals surface area contributed by atoms with Crippen LogP contribution in [0.3, 0.4) is 0 Å². The number of benzene rings is 3. The van der Waals surface area contributed by atoms with Crippen molar-refractivity contribution in [2.75, 3.05) is 24.7 Å². The maximum absolute atomic E-state index is 13.3. The number of fused-ring (bicyclic) bond motifs is 1. The van der Waals surface area contributed by atoms with Crippen LogP contribution in [0, 0.1) is 0 Å². The second-order valence-corrected chi connectivity index (χ2v) is 8.08. The fraction of sp³-hybridized carbons (Fsp3) is 0.286. The van der Waals surface area contributed by atoms with Gasteiger partial charge in [0.25, 0.3) is 5.91 Å². The van der Waals surface area contributed by atoms with Gasteiger partial charge in [0, 0.05) is 24.2 Å². The van der Waals surface area contributed by atoms with E-state index in [0.717, 1.165) is 22.6 Å². The summed E-state index contributed by atoms with van der Waals surface area (Å²) in [5.41, 5.74) is 3.40. The molecule has 0 aromatic heterocycles. The van der Waals surface area contributed by atoms with Crippen LogP contribution in [0.15, 0.2) is 72.8 Å². The molecular formula is C28H30N2O4. The van der Waals surface area contributed by atoms with Crippen LogP contribution in [0.4, 0.5) is 5.69 Å².